The molecule has 0 spiro atoms. The van der Waals surface area contributed by atoms with Crippen molar-refractivity contribution in [3.8, 4) is 0 Å². The Kier molecular flexibility index (Phi) is 5.25. The molecule has 1 atom stereocenters. The Balaban J connectivity index is 1.89. The molecule has 0 aromatic carbocycles. The fraction of sp³-hybridized carbons (Fsp3) is 0.875. The van der Waals surface area contributed by atoms with Crippen molar-refractivity contribution >= 4 is 11.9 Å². The van der Waals surface area contributed by atoms with Gasteiger partial charge in [-0.05, 0) is 58.4 Å². The first-order valence-corrected chi connectivity index (χ1v) is 8.15. The van der Waals surface area contributed by atoms with Gasteiger partial charge in [0.15, 0.2) is 0 Å². The molecule has 2 saturated heterocycles. The van der Waals surface area contributed by atoms with Gasteiger partial charge in [-0.25, -0.2) is 0 Å². The number of aliphatic carboxylic acids is 1. The lowest BCUT2D eigenvalue weighted by atomic mass is 9.74. The van der Waals surface area contributed by atoms with Crippen LogP contribution in [0.3, 0.4) is 0 Å². The number of likely N-dealkylation sites (tertiary alicyclic amines) is 2. The number of hydrogen-bond donors (Lipinski definition) is 1. The molecule has 0 aromatic heterocycles. The van der Waals surface area contributed by atoms with Crippen LogP contribution < -0.4 is 0 Å². The van der Waals surface area contributed by atoms with Gasteiger partial charge in [0, 0.05) is 19.6 Å². The van der Waals surface area contributed by atoms with E-state index in [0.29, 0.717) is 6.54 Å². The van der Waals surface area contributed by atoms with Gasteiger partial charge < -0.3 is 10.0 Å². The van der Waals surface area contributed by atoms with E-state index < -0.39 is 11.4 Å². The summed E-state index contributed by atoms with van der Waals surface area (Å²) in [6.07, 6.45) is 5.37. The van der Waals surface area contributed by atoms with Crippen molar-refractivity contribution < 1.29 is 14.7 Å². The lowest BCUT2D eigenvalue weighted by molar-refractivity contribution is -0.151. The van der Waals surface area contributed by atoms with E-state index in [4.69, 9.17) is 0 Å². The van der Waals surface area contributed by atoms with Crippen molar-refractivity contribution in [3.63, 3.8) is 0 Å². The summed E-state index contributed by atoms with van der Waals surface area (Å²) in [5.74, 6) is -0.405. The third kappa shape index (κ3) is 3.96. The van der Waals surface area contributed by atoms with Crippen molar-refractivity contribution in [2.75, 3.05) is 32.7 Å². The molecule has 0 radical (unpaired) electrons. The molecule has 1 N–H and O–H groups in total. The number of carbonyl (C=O) groups excluding carboxylic acids is 1. The van der Waals surface area contributed by atoms with Gasteiger partial charge in [-0.2, -0.15) is 0 Å². The third-order valence-electron chi connectivity index (χ3n) is 5.14. The minimum Gasteiger partial charge on any atom is -0.481 e. The number of hydrogen-bond acceptors (Lipinski definition) is 3. The van der Waals surface area contributed by atoms with E-state index in [2.05, 4.69) is 4.90 Å². The predicted octanol–water partition coefficient (Wildman–Crippen LogP) is 1.82. The van der Waals surface area contributed by atoms with Gasteiger partial charge in [0.1, 0.15) is 0 Å². The Morgan fingerprint density at radius 3 is 2.38 bits per heavy atom. The maximum atomic E-state index is 12.3. The molecule has 2 heterocycles. The van der Waals surface area contributed by atoms with Gasteiger partial charge in [0.2, 0.25) is 5.91 Å². The summed E-state index contributed by atoms with van der Waals surface area (Å²) in [7, 11) is 0. The van der Waals surface area contributed by atoms with E-state index in [-0.39, 0.29) is 11.8 Å². The minimum atomic E-state index is -0.739. The monoisotopic (exact) mass is 296 g/mol. The summed E-state index contributed by atoms with van der Waals surface area (Å²) in [6.45, 7) is 7.45. The first kappa shape index (κ1) is 16.3. The molecule has 0 aromatic rings. The fourth-order valence-corrected chi connectivity index (χ4v) is 3.40. The Morgan fingerprint density at radius 2 is 1.76 bits per heavy atom. The van der Waals surface area contributed by atoms with E-state index in [1.54, 1.807) is 13.8 Å². The lowest BCUT2D eigenvalue weighted by Crippen LogP contribution is -2.49. The zero-order valence-corrected chi connectivity index (χ0v) is 13.3. The lowest BCUT2D eigenvalue weighted by Gasteiger charge is -2.39. The second kappa shape index (κ2) is 6.77. The van der Waals surface area contributed by atoms with Crippen LogP contribution in [0.15, 0.2) is 0 Å². The Bertz CT molecular complexity index is 389. The van der Waals surface area contributed by atoms with E-state index in [0.717, 1.165) is 51.9 Å². The molecule has 0 bridgehead atoms. The number of amides is 1. The number of nitrogens with zero attached hydrogens (tertiary/aromatic N) is 2. The van der Waals surface area contributed by atoms with E-state index in [1.165, 1.54) is 6.42 Å². The molecule has 0 saturated carbocycles. The summed E-state index contributed by atoms with van der Waals surface area (Å²) in [5, 5.41) is 9.37. The SMILES string of the molecule is CC(C)(C(=O)O)C1CCCN(CC(=O)N2CCCCC2)C1. The summed E-state index contributed by atoms with van der Waals surface area (Å²) in [6, 6.07) is 0. The largest absolute Gasteiger partial charge is 0.481 e. The molecule has 2 rings (SSSR count). The Hall–Kier alpha value is -1.10. The highest BCUT2D eigenvalue weighted by atomic mass is 16.4. The standard InChI is InChI=1S/C16H28N2O3/c1-16(2,15(20)21)13-7-6-8-17(11-13)12-14(19)18-9-4-3-5-10-18/h13H,3-12H2,1-2H3,(H,20,21). The number of rotatable bonds is 4. The molecular formula is C16H28N2O3. The van der Waals surface area contributed by atoms with Crippen LogP contribution in [-0.4, -0.2) is 59.5 Å². The molecule has 120 valence electrons. The molecule has 2 aliphatic heterocycles. The second-order valence-electron chi connectivity index (χ2n) is 7.04. The second-order valence-corrected chi connectivity index (χ2v) is 7.04. The average molecular weight is 296 g/mol. The van der Waals surface area contributed by atoms with Gasteiger partial charge in [-0.3, -0.25) is 14.5 Å². The molecule has 0 aliphatic carbocycles. The summed E-state index contributed by atoms with van der Waals surface area (Å²) >= 11 is 0. The van der Waals surface area contributed by atoms with Crippen LogP contribution in [0.1, 0.15) is 46.0 Å². The first-order chi connectivity index (χ1) is 9.91. The topological polar surface area (TPSA) is 60.9 Å². The van der Waals surface area contributed by atoms with Crippen LogP contribution in [0.5, 0.6) is 0 Å². The van der Waals surface area contributed by atoms with Gasteiger partial charge in [-0.1, -0.05) is 0 Å². The molecular weight excluding hydrogens is 268 g/mol. The van der Waals surface area contributed by atoms with Gasteiger partial charge in [0.05, 0.1) is 12.0 Å². The van der Waals surface area contributed by atoms with Crippen LogP contribution >= 0.6 is 0 Å². The Morgan fingerprint density at radius 1 is 1.10 bits per heavy atom. The highest BCUT2D eigenvalue weighted by Gasteiger charge is 2.39. The molecule has 21 heavy (non-hydrogen) atoms. The maximum Gasteiger partial charge on any atom is 0.309 e. The zero-order chi connectivity index (χ0) is 15.5. The van der Waals surface area contributed by atoms with Gasteiger partial charge >= 0.3 is 5.97 Å². The quantitative estimate of drug-likeness (QED) is 0.859. The van der Waals surface area contributed by atoms with E-state index >= 15 is 0 Å². The van der Waals surface area contributed by atoms with Crippen LogP contribution in [0.25, 0.3) is 0 Å². The van der Waals surface area contributed by atoms with Crippen LogP contribution in [0.2, 0.25) is 0 Å². The first-order valence-electron chi connectivity index (χ1n) is 8.15. The van der Waals surface area contributed by atoms with Gasteiger partial charge in [-0.15, -0.1) is 0 Å². The van der Waals surface area contributed by atoms with E-state index in [1.807, 2.05) is 4.90 Å². The molecule has 1 amide bonds. The number of carbonyl (C=O) groups is 2. The average Bonchev–Trinajstić information content (AvgIpc) is 2.48. The van der Waals surface area contributed by atoms with E-state index in [9.17, 15) is 14.7 Å². The van der Waals surface area contributed by atoms with Crippen molar-refractivity contribution in [2.24, 2.45) is 11.3 Å². The summed E-state index contributed by atoms with van der Waals surface area (Å²) in [4.78, 5) is 27.8. The normalized spacial score (nSPS) is 24.9. The van der Waals surface area contributed by atoms with Crippen molar-refractivity contribution in [2.45, 2.75) is 46.0 Å². The number of piperidine rings is 2. The zero-order valence-electron chi connectivity index (χ0n) is 13.3. The highest BCUT2D eigenvalue weighted by molar-refractivity contribution is 5.78. The summed E-state index contributed by atoms with van der Waals surface area (Å²) < 4.78 is 0. The van der Waals surface area contributed by atoms with Gasteiger partial charge in [0.25, 0.3) is 0 Å². The number of carboxylic acid groups (broad SMARTS) is 1. The fourth-order valence-electron chi connectivity index (χ4n) is 3.40. The van der Waals surface area contributed by atoms with Crippen molar-refractivity contribution in [1.82, 2.24) is 9.80 Å². The van der Waals surface area contributed by atoms with Crippen LogP contribution in [0.4, 0.5) is 0 Å². The maximum absolute atomic E-state index is 12.3. The molecule has 2 fully saturated rings. The summed E-state index contributed by atoms with van der Waals surface area (Å²) in [5.41, 5.74) is -0.715. The predicted molar refractivity (Wildman–Crippen MR) is 81.0 cm³/mol. The highest BCUT2D eigenvalue weighted by Crippen LogP contribution is 2.34. The molecule has 2 aliphatic rings. The molecule has 1 unspecified atom stereocenters. The minimum absolute atomic E-state index is 0.123. The van der Waals surface area contributed by atoms with Crippen LogP contribution in [-0.2, 0) is 9.59 Å². The van der Waals surface area contributed by atoms with Crippen LogP contribution in [0, 0.1) is 11.3 Å². The molecule has 5 heteroatoms. The third-order valence-corrected chi connectivity index (χ3v) is 5.14. The van der Waals surface area contributed by atoms with Crippen molar-refractivity contribution in [1.29, 1.82) is 0 Å². The molecule has 5 nitrogen and oxygen atoms in total. The Labute approximate surface area is 127 Å². The smallest absolute Gasteiger partial charge is 0.309 e. The van der Waals surface area contributed by atoms with Crippen molar-refractivity contribution in [3.05, 3.63) is 0 Å². The number of carboxylic acids is 1.